The van der Waals surface area contributed by atoms with Gasteiger partial charge >= 0.3 is 0 Å². The van der Waals surface area contributed by atoms with Crippen molar-refractivity contribution >= 4 is 50.7 Å². The number of rotatable bonds is 9. The van der Waals surface area contributed by atoms with Crippen LogP contribution in [-0.4, -0.2) is 62.2 Å². The molecule has 1 aliphatic heterocycles. The quantitative estimate of drug-likeness (QED) is 0.471. The minimum atomic E-state index is -3.88. The highest BCUT2D eigenvalue weighted by molar-refractivity contribution is 7.92. The molecule has 1 heterocycles. The molecule has 1 atom stereocenters. The molecule has 0 saturated carbocycles. The number of nitrogens with zero attached hydrogens (tertiary/aromatic N) is 2. The van der Waals surface area contributed by atoms with Gasteiger partial charge in [-0.25, -0.2) is 8.42 Å². The monoisotopic (exact) mass is 585 g/mol. The Hall–Kier alpha value is -2.69. The summed E-state index contributed by atoms with van der Waals surface area (Å²) in [4.78, 5) is 28.2. The smallest absolute Gasteiger partial charge is 0.244 e. The SMILES string of the molecule is CCS(=O)(=O)N(CC(=O)N(Cc1ccc(Cl)c(Cl)c1)[C@@H](C)C(=O)NC(C)(C)C)c1ccc2c(c1)OCCO2. The topological polar surface area (TPSA) is 105 Å². The molecule has 0 aliphatic carbocycles. The van der Waals surface area contributed by atoms with Gasteiger partial charge in [-0.15, -0.1) is 0 Å². The van der Waals surface area contributed by atoms with Gasteiger partial charge in [0.25, 0.3) is 0 Å². The van der Waals surface area contributed by atoms with Crippen molar-refractivity contribution in [2.45, 2.75) is 52.7 Å². The van der Waals surface area contributed by atoms with E-state index in [0.29, 0.717) is 40.3 Å². The van der Waals surface area contributed by atoms with E-state index < -0.39 is 34.1 Å². The Morgan fingerprint density at radius 2 is 1.68 bits per heavy atom. The summed E-state index contributed by atoms with van der Waals surface area (Å²) in [5.74, 6) is -0.298. The third kappa shape index (κ3) is 7.45. The number of nitrogens with one attached hydrogen (secondary N) is 1. The van der Waals surface area contributed by atoms with E-state index in [1.807, 2.05) is 20.8 Å². The first-order valence-electron chi connectivity index (χ1n) is 12.2. The van der Waals surface area contributed by atoms with Crippen molar-refractivity contribution in [1.29, 1.82) is 0 Å². The zero-order chi connectivity index (χ0) is 28.3. The normalized spacial score (nSPS) is 14.0. The Labute approximate surface area is 234 Å². The number of ether oxygens (including phenoxy) is 2. The maximum absolute atomic E-state index is 13.8. The fourth-order valence-corrected chi connectivity index (χ4v) is 5.17. The maximum Gasteiger partial charge on any atom is 0.244 e. The van der Waals surface area contributed by atoms with Crippen LogP contribution in [0.15, 0.2) is 36.4 Å². The number of sulfonamides is 1. The molecule has 3 rings (SSSR count). The number of amides is 2. The first-order chi connectivity index (χ1) is 17.7. The van der Waals surface area contributed by atoms with Gasteiger partial charge in [0.2, 0.25) is 21.8 Å². The zero-order valence-corrected chi connectivity index (χ0v) is 24.4. The van der Waals surface area contributed by atoms with Gasteiger partial charge < -0.3 is 19.7 Å². The number of anilines is 1. The van der Waals surface area contributed by atoms with Crippen LogP contribution in [0.3, 0.4) is 0 Å². The van der Waals surface area contributed by atoms with Crippen molar-refractivity contribution in [3.05, 3.63) is 52.0 Å². The number of halogens is 2. The largest absolute Gasteiger partial charge is 0.486 e. The van der Waals surface area contributed by atoms with Crippen molar-refractivity contribution in [3.8, 4) is 11.5 Å². The Morgan fingerprint density at radius 1 is 1.03 bits per heavy atom. The van der Waals surface area contributed by atoms with Gasteiger partial charge in [0.1, 0.15) is 25.8 Å². The Bertz CT molecular complexity index is 1300. The highest BCUT2D eigenvalue weighted by Gasteiger charge is 2.32. The van der Waals surface area contributed by atoms with Crippen molar-refractivity contribution in [1.82, 2.24) is 10.2 Å². The van der Waals surface area contributed by atoms with Crippen LogP contribution in [-0.2, 0) is 26.2 Å². The summed E-state index contributed by atoms with van der Waals surface area (Å²) in [5.41, 5.74) is 0.352. The van der Waals surface area contributed by atoms with Crippen LogP contribution < -0.4 is 19.1 Å². The molecular formula is C26H33Cl2N3O6S. The van der Waals surface area contributed by atoms with E-state index in [4.69, 9.17) is 32.7 Å². The van der Waals surface area contributed by atoms with E-state index in [-0.39, 0.29) is 23.9 Å². The predicted octanol–water partition coefficient (Wildman–Crippen LogP) is 4.25. The molecule has 2 amide bonds. The average molecular weight is 587 g/mol. The van der Waals surface area contributed by atoms with Crippen molar-refractivity contribution in [2.24, 2.45) is 0 Å². The summed E-state index contributed by atoms with van der Waals surface area (Å²) in [6, 6.07) is 8.71. The number of hydrogen-bond acceptors (Lipinski definition) is 6. The van der Waals surface area contributed by atoms with Crippen LogP contribution in [0.1, 0.15) is 40.2 Å². The van der Waals surface area contributed by atoms with Gasteiger partial charge in [0, 0.05) is 18.2 Å². The first kappa shape index (κ1) is 29.9. The van der Waals surface area contributed by atoms with Gasteiger partial charge in [0.15, 0.2) is 11.5 Å². The first-order valence-corrected chi connectivity index (χ1v) is 14.5. The Morgan fingerprint density at radius 3 is 2.29 bits per heavy atom. The number of carbonyl (C=O) groups is 2. The number of fused-ring (bicyclic) bond motifs is 1. The van der Waals surface area contributed by atoms with Gasteiger partial charge in [-0.2, -0.15) is 0 Å². The fraction of sp³-hybridized carbons (Fsp3) is 0.462. The van der Waals surface area contributed by atoms with E-state index in [2.05, 4.69) is 5.32 Å². The van der Waals surface area contributed by atoms with Gasteiger partial charge in [-0.1, -0.05) is 29.3 Å². The molecule has 12 heteroatoms. The molecule has 0 aromatic heterocycles. The lowest BCUT2D eigenvalue weighted by Gasteiger charge is -2.33. The van der Waals surface area contributed by atoms with Crippen molar-refractivity contribution < 1.29 is 27.5 Å². The summed E-state index contributed by atoms with van der Waals surface area (Å²) in [7, 11) is -3.88. The van der Waals surface area contributed by atoms with E-state index in [1.54, 1.807) is 37.3 Å². The lowest BCUT2D eigenvalue weighted by atomic mass is 10.1. The highest BCUT2D eigenvalue weighted by Crippen LogP contribution is 2.35. The molecule has 2 aromatic carbocycles. The zero-order valence-electron chi connectivity index (χ0n) is 22.1. The molecule has 0 saturated heterocycles. The van der Waals surface area contributed by atoms with Gasteiger partial charge in [0.05, 0.1) is 21.5 Å². The average Bonchev–Trinajstić information content (AvgIpc) is 2.85. The molecule has 0 fully saturated rings. The van der Waals surface area contributed by atoms with Crippen LogP contribution >= 0.6 is 23.2 Å². The molecule has 0 spiro atoms. The highest BCUT2D eigenvalue weighted by atomic mass is 35.5. The minimum Gasteiger partial charge on any atom is -0.486 e. The van der Waals surface area contributed by atoms with Crippen molar-refractivity contribution in [3.63, 3.8) is 0 Å². The lowest BCUT2D eigenvalue weighted by molar-refractivity contribution is -0.140. The maximum atomic E-state index is 13.8. The molecule has 0 radical (unpaired) electrons. The third-order valence-electron chi connectivity index (χ3n) is 5.80. The summed E-state index contributed by atoms with van der Waals surface area (Å²) in [6.07, 6.45) is 0. The molecule has 2 aromatic rings. The summed E-state index contributed by atoms with van der Waals surface area (Å²) >= 11 is 12.2. The van der Waals surface area contributed by atoms with Gasteiger partial charge in [-0.3, -0.25) is 13.9 Å². The summed E-state index contributed by atoms with van der Waals surface area (Å²) in [5, 5.41) is 3.53. The van der Waals surface area contributed by atoms with E-state index in [1.165, 1.54) is 17.9 Å². The van der Waals surface area contributed by atoms with E-state index in [9.17, 15) is 18.0 Å². The number of hydrogen-bond donors (Lipinski definition) is 1. The molecule has 0 unspecified atom stereocenters. The molecular weight excluding hydrogens is 553 g/mol. The number of carbonyl (C=O) groups excluding carboxylic acids is 2. The fourth-order valence-electron chi connectivity index (χ4n) is 3.80. The van der Waals surface area contributed by atoms with Crippen LogP contribution in [0, 0.1) is 0 Å². The lowest BCUT2D eigenvalue weighted by Crippen LogP contribution is -2.54. The number of benzene rings is 2. The minimum absolute atomic E-state index is 0.00953. The summed E-state index contributed by atoms with van der Waals surface area (Å²) in [6.45, 7) is 8.80. The second kappa shape index (κ2) is 12.0. The second-order valence-corrected chi connectivity index (χ2v) is 12.9. The third-order valence-corrected chi connectivity index (χ3v) is 8.28. The molecule has 0 bridgehead atoms. The molecule has 38 heavy (non-hydrogen) atoms. The Kier molecular flexibility index (Phi) is 9.43. The van der Waals surface area contributed by atoms with Crippen LogP contribution in [0.5, 0.6) is 11.5 Å². The van der Waals surface area contributed by atoms with Crippen LogP contribution in [0.25, 0.3) is 0 Å². The van der Waals surface area contributed by atoms with E-state index >= 15 is 0 Å². The molecule has 9 nitrogen and oxygen atoms in total. The van der Waals surface area contributed by atoms with Gasteiger partial charge in [-0.05, 0) is 64.4 Å². The summed E-state index contributed by atoms with van der Waals surface area (Å²) < 4.78 is 38.4. The molecule has 1 N–H and O–H groups in total. The molecule has 1 aliphatic rings. The second-order valence-electron chi connectivity index (χ2n) is 9.92. The predicted molar refractivity (Wildman–Crippen MR) is 149 cm³/mol. The molecule has 208 valence electrons. The van der Waals surface area contributed by atoms with Crippen LogP contribution in [0.4, 0.5) is 5.69 Å². The van der Waals surface area contributed by atoms with Crippen molar-refractivity contribution in [2.75, 3.05) is 29.8 Å². The van der Waals surface area contributed by atoms with Crippen LogP contribution in [0.2, 0.25) is 10.0 Å². The van der Waals surface area contributed by atoms with E-state index in [0.717, 1.165) is 4.31 Å². The standard InChI is InChI=1S/C26H33Cl2N3O6S/c1-6-38(34,35)31(19-8-10-22-23(14-19)37-12-11-36-22)16-24(32)30(17(2)25(33)29-26(3,4)5)15-18-7-9-20(27)21(28)13-18/h7-10,13-14,17H,6,11-12,15-16H2,1-5H3,(H,29,33)/t17-/m0/s1. The Balaban J connectivity index is 1.97.